The van der Waals surface area contributed by atoms with Crippen LogP contribution in [-0.2, 0) is 0 Å². The van der Waals surface area contributed by atoms with Crippen molar-refractivity contribution in [3.8, 4) is 5.69 Å². The number of para-hydroxylation sites is 2. The van der Waals surface area contributed by atoms with Crippen LogP contribution in [-0.4, -0.2) is 28.6 Å². The first-order valence-electron chi connectivity index (χ1n) is 10.6. The second-order valence-corrected chi connectivity index (χ2v) is 8.72. The van der Waals surface area contributed by atoms with Crippen LogP contribution in [0.4, 0.5) is 0 Å². The molecule has 2 fully saturated rings. The molecule has 0 amide bonds. The number of aryl methyl sites for hydroxylation is 1. The third kappa shape index (κ3) is 2.18. The van der Waals surface area contributed by atoms with E-state index in [1.54, 1.807) is 5.56 Å². The largest absolute Gasteiger partial charge is 0.309 e. The van der Waals surface area contributed by atoms with Crippen molar-refractivity contribution in [1.82, 2.24) is 9.47 Å². The summed E-state index contributed by atoms with van der Waals surface area (Å²) in [6.07, 6.45) is 1.36. The predicted octanol–water partition coefficient (Wildman–Crippen LogP) is 5.90. The lowest BCUT2D eigenvalue weighted by atomic mass is 9.79. The first kappa shape index (κ1) is 16.4. The van der Waals surface area contributed by atoms with E-state index in [-0.39, 0.29) is 0 Å². The van der Waals surface area contributed by atoms with Gasteiger partial charge in [-0.2, -0.15) is 0 Å². The molecule has 4 atom stereocenters. The number of rotatable bonds is 2. The van der Waals surface area contributed by atoms with Crippen LogP contribution in [0, 0.1) is 12.8 Å². The van der Waals surface area contributed by atoms with Crippen molar-refractivity contribution in [2.45, 2.75) is 32.2 Å². The van der Waals surface area contributed by atoms with Gasteiger partial charge in [-0.1, -0.05) is 36.4 Å². The molecule has 2 saturated heterocycles. The Bertz CT molecular complexity index is 1190. The third-order valence-corrected chi connectivity index (χ3v) is 7.29. The molecule has 4 aromatic rings. The van der Waals surface area contributed by atoms with Gasteiger partial charge in [-0.15, -0.1) is 0 Å². The van der Waals surface area contributed by atoms with E-state index < -0.39 is 0 Å². The van der Waals surface area contributed by atoms with Gasteiger partial charge in [0.1, 0.15) is 0 Å². The van der Waals surface area contributed by atoms with Gasteiger partial charge in [-0.05, 0) is 74.2 Å². The highest BCUT2D eigenvalue weighted by atomic mass is 15.2. The first-order chi connectivity index (χ1) is 13.7. The van der Waals surface area contributed by atoms with Crippen LogP contribution in [0.25, 0.3) is 27.5 Å². The molecule has 0 radical (unpaired) electrons. The number of aromatic nitrogens is 1. The highest BCUT2D eigenvalue weighted by Crippen LogP contribution is 2.46. The molecule has 1 aromatic heterocycles. The van der Waals surface area contributed by atoms with Crippen LogP contribution < -0.4 is 0 Å². The minimum Gasteiger partial charge on any atom is -0.309 e. The third-order valence-electron chi connectivity index (χ3n) is 7.29. The second kappa shape index (κ2) is 5.96. The molecule has 2 heteroatoms. The normalized spacial score (nSPS) is 26.5. The number of benzene rings is 3. The highest BCUT2D eigenvalue weighted by molar-refractivity contribution is 6.09. The summed E-state index contributed by atoms with van der Waals surface area (Å²) >= 11 is 0. The van der Waals surface area contributed by atoms with Gasteiger partial charge < -0.3 is 4.57 Å². The molecule has 140 valence electrons. The smallest absolute Gasteiger partial charge is 0.0543 e. The van der Waals surface area contributed by atoms with Gasteiger partial charge in [-0.25, -0.2) is 0 Å². The van der Waals surface area contributed by atoms with Crippen molar-refractivity contribution < 1.29 is 0 Å². The molecular formula is C26H26N2. The van der Waals surface area contributed by atoms with E-state index in [4.69, 9.17) is 0 Å². The Morgan fingerprint density at radius 3 is 2.43 bits per heavy atom. The molecule has 0 N–H and O–H groups in total. The SMILES string of the molecule is Cc1cc2c(cc1C1C3CCN(C3)[C@@H]1C)c1ccccc1n2-c1ccccc1. The molecule has 0 aliphatic carbocycles. The fourth-order valence-corrected chi connectivity index (χ4v) is 5.96. The number of piperidine rings is 1. The zero-order valence-corrected chi connectivity index (χ0v) is 16.6. The molecule has 28 heavy (non-hydrogen) atoms. The zero-order valence-electron chi connectivity index (χ0n) is 16.6. The average Bonchev–Trinajstić information content (AvgIpc) is 3.40. The van der Waals surface area contributed by atoms with E-state index in [1.165, 1.54) is 52.6 Å². The van der Waals surface area contributed by atoms with Crippen LogP contribution in [0.3, 0.4) is 0 Å². The molecule has 2 bridgehead atoms. The highest BCUT2D eigenvalue weighted by Gasteiger charge is 2.44. The monoisotopic (exact) mass is 366 g/mol. The first-order valence-corrected chi connectivity index (χ1v) is 10.6. The van der Waals surface area contributed by atoms with E-state index in [1.807, 2.05) is 0 Å². The average molecular weight is 367 g/mol. The minimum atomic E-state index is 0.664. The molecule has 6 rings (SSSR count). The van der Waals surface area contributed by atoms with Crippen molar-refractivity contribution in [3.05, 3.63) is 77.9 Å². The quantitative estimate of drug-likeness (QED) is 0.429. The van der Waals surface area contributed by atoms with Gasteiger partial charge >= 0.3 is 0 Å². The van der Waals surface area contributed by atoms with Gasteiger partial charge in [-0.3, -0.25) is 4.90 Å². The van der Waals surface area contributed by atoms with Gasteiger partial charge in [0.25, 0.3) is 0 Å². The molecule has 2 aliphatic heterocycles. The summed E-state index contributed by atoms with van der Waals surface area (Å²) in [6.45, 7) is 7.32. The summed E-state index contributed by atoms with van der Waals surface area (Å²) < 4.78 is 2.43. The van der Waals surface area contributed by atoms with Gasteiger partial charge in [0, 0.05) is 35.0 Å². The molecule has 2 nitrogen and oxygen atoms in total. The summed E-state index contributed by atoms with van der Waals surface area (Å²) in [5.41, 5.74) is 6.87. The van der Waals surface area contributed by atoms with Crippen LogP contribution >= 0.6 is 0 Å². The maximum absolute atomic E-state index is 2.69. The summed E-state index contributed by atoms with van der Waals surface area (Å²) in [5, 5.41) is 2.75. The van der Waals surface area contributed by atoms with Crippen molar-refractivity contribution >= 4 is 21.8 Å². The summed E-state index contributed by atoms with van der Waals surface area (Å²) in [7, 11) is 0. The van der Waals surface area contributed by atoms with Crippen LogP contribution in [0.15, 0.2) is 66.7 Å². The van der Waals surface area contributed by atoms with Crippen molar-refractivity contribution in [2.24, 2.45) is 5.92 Å². The maximum Gasteiger partial charge on any atom is 0.0543 e. The van der Waals surface area contributed by atoms with E-state index in [0.717, 1.165) is 5.92 Å². The number of nitrogens with zero attached hydrogens (tertiary/aromatic N) is 2. The van der Waals surface area contributed by atoms with E-state index in [2.05, 4.69) is 90.0 Å². The summed E-state index contributed by atoms with van der Waals surface area (Å²) in [5.74, 6) is 1.51. The summed E-state index contributed by atoms with van der Waals surface area (Å²) in [4.78, 5) is 2.69. The Hall–Kier alpha value is -2.58. The molecule has 3 heterocycles. The standard InChI is InChI=1S/C26H26N2/c1-17-14-25-23(15-22(17)26-18(2)27-13-12-19(26)16-27)21-10-6-7-11-24(21)28(25)20-8-4-3-5-9-20/h3-11,14-15,18-19,26H,12-13,16H2,1-2H3/t18-,19?,26?/m1/s1. The van der Waals surface area contributed by atoms with Crippen LogP contribution in [0.5, 0.6) is 0 Å². The lowest BCUT2D eigenvalue weighted by Crippen LogP contribution is -2.32. The fraction of sp³-hybridized carbons (Fsp3) is 0.308. The summed E-state index contributed by atoms with van der Waals surface area (Å²) in [6, 6.07) is 25.2. The minimum absolute atomic E-state index is 0.664. The van der Waals surface area contributed by atoms with Gasteiger partial charge in [0.15, 0.2) is 0 Å². The van der Waals surface area contributed by atoms with Gasteiger partial charge in [0.05, 0.1) is 11.0 Å². The van der Waals surface area contributed by atoms with Crippen molar-refractivity contribution in [2.75, 3.05) is 13.1 Å². The van der Waals surface area contributed by atoms with Gasteiger partial charge in [0.2, 0.25) is 0 Å². The lowest BCUT2D eigenvalue weighted by molar-refractivity contribution is 0.256. The molecular weight excluding hydrogens is 340 g/mol. The number of fused-ring (bicyclic) bond motifs is 5. The maximum atomic E-state index is 2.69. The number of hydrogen-bond donors (Lipinski definition) is 0. The Morgan fingerprint density at radius 2 is 1.64 bits per heavy atom. The topological polar surface area (TPSA) is 8.17 Å². The Labute approximate surface area is 166 Å². The fourth-order valence-electron chi connectivity index (χ4n) is 5.96. The van der Waals surface area contributed by atoms with E-state index >= 15 is 0 Å². The van der Waals surface area contributed by atoms with E-state index in [9.17, 15) is 0 Å². The van der Waals surface area contributed by atoms with Crippen LogP contribution in [0.1, 0.15) is 30.4 Å². The molecule has 0 spiro atoms. The Morgan fingerprint density at radius 1 is 0.857 bits per heavy atom. The van der Waals surface area contributed by atoms with E-state index in [0.29, 0.717) is 12.0 Å². The molecule has 3 aromatic carbocycles. The molecule has 2 aliphatic rings. The number of hydrogen-bond acceptors (Lipinski definition) is 1. The molecule has 0 saturated carbocycles. The van der Waals surface area contributed by atoms with Crippen molar-refractivity contribution in [3.63, 3.8) is 0 Å². The lowest BCUT2D eigenvalue weighted by Gasteiger charge is -2.31. The molecule has 3 unspecified atom stereocenters. The zero-order chi connectivity index (χ0) is 18.8. The second-order valence-electron chi connectivity index (χ2n) is 8.72. The van der Waals surface area contributed by atoms with Crippen LogP contribution in [0.2, 0.25) is 0 Å². The Kier molecular flexibility index (Phi) is 3.48. The predicted molar refractivity (Wildman–Crippen MR) is 117 cm³/mol. The Balaban J connectivity index is 1.64. The van der Waals surface area contributed by atoms with Crippen molar-refractivity contribution in [1.29, 1.82) is 0 Å².